The van der Waals surface area contributed by atoms with Crippen LogP contribution in [-0.2, 0) is 0 Å². The highest BCUT2D eigenvalue weighted by Gasteiger charge is 2.16. The maximum absolute atomic E-state index is 5.20. The third-order valence-corrected chi connectivity index (χ3v) is 12.8. The van der Waals surface area contributed by atoms with E-state index in [2.05, 4.69) is 214 Å². The molecule has 268 valence electrons. The van der Waals surface area contributed by atoms with Crippen molar-refractivity contribution in [2.45, 2.75) is 19.6 Å². The van der Waals surface area contributed by atoms with Crippen molar-refractivity contribution in [1.82, 2.24) is 9.97 Å². The molecule has 2 nitrogen and oxygen atoms in total. The molecule has 0 aliphatic carbocycles. The van der Waals surface area contributed by atoms with Gasteiger partial charge in [-0.1, -0.05) is 207 Å². The lowest BCUT2D eigenvalue weighted by molar-refractivity contribution is 1.19. The van der Waals surface area contributed by atoms with Gasteiger partial charge in [-0.3, -0.25) is 0 Å². The van der Waals surface area contributed by atoms with Gasteiger partial charge in [0.05, 0.1) is 19.5 Å². The summed E-state index contributed by atoms with van der Waals surface area (Å²) >= 11 is 0. The van der Waals surface area contributed by atoms with E-state index in [4.69, 9.17) is 9.97 Å². The Morgan fingerprint density at radius 1 is 0.321 bits per heavy atom. The van der Waals surface area contributed by atoms with E-state index < -0.39 is 8.07 Å². The minimum Gasteiger partial charge on any atom is -0.228 e. The lowest BCUT2D eigenvalue weighted by Crippen LogP contribution is -2.37. The molecule has 9 rings (SSSR count). The van der Waals surface area contributed by atoms with Crippen molar-refractivity contribution >= 4 is 24.0 Å². The first-order valence-corrected chi connectivity index (χ1v) is 22.8. The Morgan fingerprint density at radius 2 is 0.732 bits per heavy atom. The van der Waals surface area contributed by atoms with E-state index >= 15 is 0 Å². The van der Waals surface area contributed by atoms with Crippen molar-refractivity contribution in [3.05, 3.63) is 200 Å². The van der Waals surface area contributed by atoms with Crippen molar-refractivity contribution in [2.24, 2.45) is 0 Å². The van der Waals surface area contributed by atoms with Crippen LogP contribution in [-0.4, -0.2) is 18.0 Å². The van der Waals surface area contributed by atoms with Gasteiger partial charge in [0.1, 0.15) is 0 Å². The zero-order valence-electron chi connectivity index (χ0n) is 31.9. The maximum Gasteiger partial charge on any atom is 0.161 e. The van der Waals surface area contributed by atoms with Gasteiger partial charge in [-0.25, -0.2) is 9.97 Å². The average molecular weight is 735 g/mol. The molecule has 0 N–H and O–H groups in total. The number of nitrogens with zero attached hydrogens (tertiary/aromatic N) is 2. The van der Waals surface area contributed by atoms with Crippen molar-refractivity contribution in [3.63, 3.8) is 0 Å². The minimum absolute atomic E-state index is 0.720. The second-order valence-corrected chi connectivity index (χ2v) is 20.6. The van der Waals surface area contributed by atoms with Crippen LogP contribution in [0.25, 0.3) is 89.2 Å². The molecule has 0 atom stereocenters. The van der Waals surface area contributed by atoms with Gasteiger partial charge < -0.3 is 0 Å². The number of fused-ring (bicyclic) bond motifs is 1. The van der Waals surface area contributed by atoms with Gasteiger partial charge in [0.2, 0.25) is 0 Å². The molecule has 8 aromatic carbocycles. The molecule has 0 bridgehead atoms. The fourth-order valence-electron chi connectivity index (χ4n) is 7.50. The Bertz CT molecular complexity index is 2790. The average Bonchev–Trinajstić information content (AvgIpc) is 3.26. The molecule has 0 spiro atoms. The van der Waals surface area contributed by atoms with Gasteiger partial charge in [0.15, 0.2) is 5.82 Å². The first-order valence-electron chi connectivity index (χ1n) is 19.3. The van der Waals surface area contributed by atoms with Crippen molar-refractivity contribution in [2.75, 3.05) is 0 Å². The van der Waals surface area contributed by atoms with Crippen LogP contribution in [0.3, 0.4) is 0 Å². The van der Waals surface area contributed by atoms with Crippen LogP contribution in [0.15, 0.2) is 200 Å². The quantitative estimate of drug-likeness (QED) is 0.145. The first kappa shape index (κ1) is 35.0. The van der Waals surface area contributed by atoms with E-state index in [0.717, 1.165) is 50.4 Å². The number of aromatic nitrogens is 2. The first-order chi connectivity index (χ1) is 27.4. The summed E-state index contributed by atoms with van der Waals surface area (Å²) in [5.74, 6) is 0.720. The number of rotatable bonds is 8. The molecule has 0 saturated carbocycles. The smallest absolute Gasteiger partial charge is 0.161 e. The molecule has 0 unspecified atom stereocenters. The van der Waals surface area contributed by atoms with E-state index in [1.807, 2.05) is 6.07 Å². The van der Waals surface area contributed by atoms with Crippen LogP contribution in [0.1, 0.15) is 0 Å². The summed E-state index contributed by atoms with van der Waals surface area (Å²) in [7, 11) is -1.31. The highest BCUT2D eigenvalue weighted by atomic mass is 28.3. The van der Waals surface area contributed by atoms with Gasteiger partial charge in [0.25, 0.3) is 0 Å². The third-order valence-electron chi connectivity index (χ3n) is 10.7. The van der Waals surface area contributed by atoms with Gasteiger partial charge >= 0.3 is 0 Å². The van der Waals surface area contributed by atoms with Crippen molar-refractivity contribution in [1.29, 1.82) is 0 Å². The Balaban J connectivity index is 0.999. The summed E-state index contributed by atoms with van der Waals surface area (Å²) in [5.41, 5.74) is 14.5. The van der Waals surface area contributed by atoms with Crippen LogP contribution < -0.4 is 5.19 Å². The summed E-state index contributed by atoms with van der Waals surface area (Å²) in [4.78, 5) is 10.3. The van der Waals surface area contributed by atoms with Gasteiger partial charge in [0, 0.05) is 16.7 Å². The van der Waals surface area contributed by atoms with Crippen LogP contribution in [0, 0.1) is 0 Å². The van der Waals surface area contributed by atoms with Crippen molar-refractivity contribution < 1.29 is 0 Å². The molecular formula is C53H42N2Si. The predicted octanol–water partition coefficient (Wildman–Crippen LogP) is 13.8. The number of hydrogen-bond donors (Lipinski definition) is 0. The van der Waals surface area contributed by atoms with E-state index in [-0.39, 0.29) is 0 Å². The van der Waals surface area contributed by atoms with E-state index in [1.54, 1.807) is 0 Å². The molecule has 1 aromatic heterocycles. The van der Waals surface area contributed by atoms with Crippen LogP contribution >= 0.6 is 0 Å². The van der Waals surface area contributed by atoms with Gasteiger partial charge in [-0.2, -0.15) is 0 Å². The largest absolute Gasteiger partial charge is 0.228 e. The topological polar surface area (TPSA) is 25.8 Å². The summed E-state index contributed by atoms with van der Waals surface area (Å²) in [5, 5.41) is 3.80. The monoisotopic (exact) mass is 734 g/mol. The maximum atomic E-state index is 5.20. The molecule has 0 saturated heterocycles. The Labute approximate surface area is 330 Å². The summed E-state index contributed by atoms with van der Waals surface area (Å²) in [6, 6.07) is 71.8. The van der Waals surface area contributed by atoms with Crippen LogP contribution in [0.5, 0.6) is 0 Å². The van der Waals surface area contributed by atoms with Gasteiger partial charge in [-0.05, 0) is 73.5 Å². The number of hydrogen-bond acceptors (Lipinski definition) is 2. The zero-order valence-corrected chi connectivity index (χ0v) is 32.9. The molecule has 0 amide bonds. The fourth-order valence-corrected chi connectivity index (χ4v) is 8.67. The van der Waals surface area contributed by atoms with Crippen molar-refractivity contribution in [3.8, 4) is 78.4 Å². The second-order valence-electron chi connectivity index (χ2n) is 15.5. The van der Waals surface area contributed by atoms with Crippen LogP contribution in [0.2, 0.25) is 19.6 Å². The summed E-state index contributed by atoms with van der Waals surface area (Å²) in [6.07, 6.45) is 0. The summed E-state index contributed by atoms with van der Waals surface area (Å²) < 4.78 is 0. The highest BCUT2D eigenvalue weighted by Crippen LogP contribution is 2.34. The predicted molar refractivity (Wildman–Crippen MR) is 241 cm³/mol. The third kappa shape index (κ3) is 7.25. The second kappa shape index (κ2) is 14.9. The molecule has 0 aliphatic rings. The zero-order chi connectivity index (χ0) is 38.1. The Hall–Kier alpha value is -6.68. The van der Waals surface area contributed by atoms with E-state index in [9.17, 15) is 0 Å². The lowest BCUT2D eigenvalue weighted by Gasteiger charge is -2.16. The highest BCUT2D eigenvalue weighted by molar-refractivity contribution is 6.88. The number of benzene rings is 8. The summed E-state index contributed by atoms with van der Waals surface area (Å²) in [6.45, 7) is 7.18. The Kier molecular flexibility index (Phi) is 9.30. The standard InChI is InChI=1S/C53H42N2Si/c1-56(2,3)48-32-30-40(31-33-48)39-24-22-37(23-25-39)38-26-28-41(29-27-38)44-16-9-17-45(34-44)46-18-10-19-47(35-46)52-36-51(43-13-5-4-6-14-43)54-53(55-52)50-21-11-15-42-12-7-8-20-49(42)50/h4-36H,1-3H3. The van der Waals surface area contributed by atoms with Gasteiger partial charge in [-0.15, -0.1) is 0 Å². The normalized spacial score (nSPS) is 11.5. The fraction of sp³-hybridized carbons (Fsp3) is 0.0566. The molecule has 1 heterocycles. The lowest BCUT2D eigenvalue weighted by atomic mass is 9.95. The molecule has 0 aliphatic heterocycles. The molecule has 56 heavy (non-hydrogen) atoms. The molecule has 3 heteroatoms. The minimum atomic E-state index is -1.31. The van der Waals surface area contributed by atoms with E-state index in [1.165, 1.54) is 44.0 Å². The SMILES string of the molecule is C[Si](C)(C)c1ccc(-c2ccc(-c3ccc(-c4cccc(-c5cccc(-c6cc(-c7ccccc7)nc(-c7cccc8ccccc78)n6)c5)c4)cc3)cc2)cc1. The van der Waals surface area contributed by atoms with E-state index in [0.29, 0.717) is 0 Å². The Morgan fingerprint density at radius 3 is 1.32 bits per heavy atom. The molecule has 0 radical (unpaired) electrons. The van der Waals surface area contributed by atoms with Crippen LogP contribution in [0.4, 0.5) is 0 Å². The molecular weight excluding hydrogens is 693 g/mol. The molecule has 0 fully saturated rings. The molecule has 9 aromatic rings.